The monoisotopic (exact) mass is 389 g/mol. The van der Waals surface area contributed by atoms with Crippen LogP contribution in [0.3, 0.4) is 0 Å². The average Bonchev–Trinajstić information content (AvgIpc) is 2.01. The Morgan fingerprint density at radius 3 is 2.25 bits per heavy atom. The number of rotatable bonds is 2. The molecule has 5 heteroatoms. The van der Waals surface area contributed by atoms with Gasteiger partial charge in [0.05, 0.1) is 5.69 Å². The van der Waals surface area contributed by atoms with E-state index >= 15 is 0 Å². The summed E-state index contributed by atoms with van der Waals surface area (Å²) in [7, 11) is 0. The number of anilines is 1. The second kappa shape index (κ2) is 4.26. The first-order valence-electron chi connectivity index (χ1n) is 3.00. The predicted molar refractivity (Wildman–Crippen MR) is 63.0 cm³/mol. The zero-order valence-corrected chi connectivity index (χ0v) is 10.2. The van der Waals surface area contributed by atoms with Gasteiger partial charge in [0.2, 0.25) is 0 Å². The molecular weight excluding hydrogens is 384 g/mol. The predicted octanol–water partition coefficient (Wildman–Crippen LogP) is 2.01. The molecule has 0 fully saturated rings. The average molecular weight is 389 g/mol. The van der Waals surface area contributed by atoms with Gasteiger partial charge in [-0.15, -0.1) is 0 Å². The summed E-state index contributed by atoms with van der Waals surface area (Å²) in [4.78, 5) is 10.0. The maximum absolute atomic E-state index is 10.0. The quantitative estimate of drug-likeness (QED) is 0.479. The van der Waals surface area contributed by atoms with E-state index in [4.69, 9.17) is 5.73 Å². The Bertz CT molecular complexity index is 291. The van der Waals surface area contributed by atoms with Crippen molar-refractivity contribution in [1.29, 1.82) is 0 Å². The second-order valence-corrected chi connectivity index (χ2v) is 4.34. The lowest BCUT2D eigenvalue weighted by Gasteiger charge is -2.03. The summed E-state index contributed by atoms with van der Waals surface area (Å²) in [6, 6.07) is 3.43. The second-order valence-electron chi connectivity index (χ2n) is 2.01. The zero-order chi connectivity index (χ0) is 9.14. The molecule has 0 aliphatic carbocycles. The number of ether oxygens (including phenoxy) is 1. The van der Waals surface area contributed by atoms with Crippen molar-refractivity contribution in [2.45, 2.75) is 0 Å². The van der Waals surface area contributed by atoms with Crippen molar-refractivity contribution in [2.75, 3.05) is 5.73 Å². The fourth-order valence-electron chi connectivity index (χ4n) is 0.685. The van der Waals surface area contributed by atoms with Gasteiger partial charge in [-0.05, 0) is 57.3 Å². The van der Waals surface area contributed by atoms with Crippen molar-refractivity contribution in [3.05, 3.63) is 19.3 Å². The van der Waals surface area contributed by atoms with Crippen LogP contribution in [0.2, 0.25) is 0 Å². The van der Waals surface area contributed by atoms with Gasteiger partial charge in [0.25, 0.3) is 6.47 Å². The van der Waals surface area contributed by atoms with Gasteiger partial charge in [-0.2, -0.15) is 0 Å². The topological polar surface area (TPSA) is 52.3 Å². The first-order valence-corrected chi connectivity index (χ1v) is 5.15. The minimum Gasteiger partial charge on any atom is -0.429 e. The Kier molecular flexibility index (Phi) is 3.56. The fourth-order valence-corrected chi connectivity index (χ4v) is 2.40. The van der Waals surface area contributed by atoms with Gasteiger partial charge in [-0.25, -0.2) is 0 Å². The first kappa shape index (κ1) is 10.0. The Balaban J connectivity index is 3.11. The molecule has 64 valence electrons. The number of halogens is 2. The number of hydrogen-bond donors (Lipinski definition) is 1. The standard InChI is InChI=1S/C7H5I2NO2/c8-5-1-4(12-3-11)2-6(9)7(5)10/h1-3H,10H2. The van der Waals surface area contributed by atoms with E-state index in [1.165, 1.54) is 0 Å². The Morgan fingerprint density at radius 1 is 1.33 bits per heavy atom. The van der Waals surface area contributed by atoms with E-state index in [2.05, 4.69) is 49.9 Å². The van der Waals surface area contributed by atoms with Crippen molar-refractivity contribution in [3.8, 4) is 5.75 Å². The maximum atomic E-state index is 10.0. The highest BCUT2D eigenvalue weighted by Crippen LogP contribution is 2.26. The normalized spacial score (nSPS) is 9.50. The molecule has 2 N–H and O–H groups in total. The van der Waals surface area contributed by atoms with Crippen LogP contribution in [0.15, 0.2) is 12.1 Å². The molecule has 0 amide bonds. The van der Waals surface area contributed by atoms with E-state index in [-0.39, 0.29) is 0 Å². The molecule has 12 heavy (non-hydrogen) atoms. The first-order chi connectivity index (χ1) is 5.65. The highest BCUT2D eigenvalue weighted by atomic mass is 127. The largest absolute Gasteiger partial charge is 0.429 e. The summed E-state index contributed by atoms with van der Waals surface area (Å²) in [5.74, 6) is 0.521. The third-order valence-electron chi connectivity index (χ3n) is 1.24. The Morgan fingerprint density at radius 2 is 1.83 bits per heavy atom. The SMILES string of the molecule is Nc1c(I)cc(OC=O)cc1I. The van der Waals surface area contributed by atoms with Crippen LogP contribution in [0.4, 0.5) is 5.69 Å². The van der Waals surface area contributed by atoms with Crippen molar-refractivity contribution < 1.29 is 9.53 Å². The Labute approximate surface area is 96.9 Å². The molecule has 1 aromatic carbocycles. The molecule has 0 aliphatic heterocycles. The van der Waals surface area contributed by atoms with Crippen molar-refractivity contribution in [1.82, 2.24) is 0 Å². The Hall–Kier alpha value is -0.0500. The molecule has 0 spiro atoms. The molecule has 0 heterocycles. The highest BCUT2D eigenvalue weighted by molar-refractivity contribution is 14.1. The van der Waals surface area contributed by atoms with Crippen molar-refractivity contribution in [2.24, 2.45) is 0 Å². The van der Waals surface area contributed by atoms with Gasteiger partial charge in [-0.3, -0.25) is 4.79 Å². The van der Waals surface area contributed by atoms with Gasteiger partial charge in [0.15, 0.2) is 0 Å². The van der Waals surface area contributed by atoms with Crippen LogP contribution in [-0.4, -0.2) is 6.47 Å². The molecule has 0 radical (unpaired) electrons. The molecule has 1 rings (SSSR count). The summed E-state index contributed by atoms with van der Waals surface area (Å²) in [5.41, 5.74) is 6.41. The molecule has 0 bridgehead atoms. The van der Waals surface area contributed by atoms with Gasteiger partial charge >= 0.3 is 0 Å². The fraction of sp³-hybridized carbons (Fsp3) is 0. The summed E-state index contributed by atoms with van der Waals surface area (Å²) in [6.45, 7) is 0.400. The van der Waals surface area contributed by atoms with Crippen LogP contribution in [0.25, 0.3) is 0 Å². The minimum atomic E-state index is 0.400. The number of carbonyl (C=O) groups is 1. The van der Waals surface area contributed by atoms with Crippen LogP contribution in [0.5, 0.6) is 5.75 Å². The lowest BCUT2D eigenvalue weighted by Crippen LogP contribution is -1.96. The minimum absolute atomic E-state index is 0.400. The number of nitrogen functional groups attached to an aromatic ring is 1. The van der Waals surface area contributed by atoms with Gasteiger partial charge < -0.3 is 10.5 Å². The van der Waals surface area contributed by atoms with Gasteiger partial charge in [0.1, 0.15) is 5.75 Å². The van der Waals surface area contributed by atoms with Gasteiger partial charge in [-0.1, -0.05) is 0 Å². The number of carbonyl (C=O) groups excluding carboxylic acids is 1. The zero-order valence-electron chi connectivity index (χ0n) is 5.88. The molecule has 0 aliphatic rings. The number of benzene rings is 1. The third kappa shape index (κ3) is 2.22. The lowest BCUT2D eigenvalue weighted by molar-refractivity contribution is -0.120. The molecule has 3 nitrogen and oxygen atoms in total. The van der Waals surface area contributed by atoms with Gasteiger partial charge in [0, 0.05) is 7.14 Å². The summed E-state index contributed by atoms with van der Waals surface area (Å²) >= 11 is 4.18. The van der Waals surface area contributed by atoms with E-state index in [0.717, 1.165) is 12.8 Å². The smallest absolute Gasteiger partial charge is 0.298 e. The number of hydrogen-bond acceptors (Lipinski definition) is 3. The number of nitrogens with two attached hydrogens (primary N) is 1. The van der Waals surface area contributed by atoms with E-state index in [1.807, 2.05) is 0 Å². The summed E-state index contributed by atoms with van der Waals surface area (Å²) < 4.78 is 6.45. The van der Waals surface area contributed by atoms with Crippen molar-refractivity contribution in [3.63, 3.8) is 0 Å². The van der Waals surface area contributed by atoms with Crippen molar-refractivity contribution >= 4 is 57.3 Å². The van der Waals surface area contributed by atoms with Crippen LogP contribution in [-0.2, 0) is 4.79 Å². The lowest BCUT2D eigenvalue weighted by atomic mass is 10.3. The third-order valence-corrected chi connectivity index (χ3v) is 3.02. The molecule has 0 atom stereocenters. The highest BCUT2D eigenvalue weighted by Gasteiger charge is 2.03. The molecule has 0 saturated heterocycles. The molecule has 0 aromatic heterocycles. The maximum Gasteiger partial charge on any atom is 0.298 e. The molecule has 0 unspecified atom stereocenters. The van der Waals surface area contributed by atoms with Crippen LogP contribution in [0.1, 0.15) is 0 Å². The summed E-state index contributed by atoms with van der Waals surface area (Å²) in [6.07, 6.45) is 0. The van der Waals surface area contributed by atoms with E-state index in [1.54, 1.807) is 12.1 Å². The molecular formula is C7H5I2NO2. The van der Waals surface area contributed by atoms with E-state index in [9.17, 15) is 4.79 Å². The van der Waals surface area contributed by atoms with E-state index in [0.29, 0.717) is 12.2 Å². The van der Waals surface area contributed by atoms with Crippen LogP contribution in [0, 0.1) is 7.14 Å². The molecule has 0 saturated carbocycles. The van der Waals surface area contributed by atoms with E-state index < -0.39 is 0 Å². The van der Waals surface area contributed by atoms with Crippen LogP contribution >= 0.6 is 45.2 Å². The van der Waals surface area contributed by atoms with Crippen LogP contribution < -0.4 is 10.5 Å². The summed E-state index contributed by atoms with van der Waals surface area (Å²) in [5, 5.41) is 0. The molecule has 1 aromatic rings.